The first-order valence-electron chi connectivity index (χ1n) is 13.0. The monoisotopic (exact) mass is 505 g/mol. The predicted molar refractivity (Wildman–Crippen MR) is 145 cm³/mol. The number of allylic oxidation sites excluding steroid dienone is 1. The largest absolute Gasteiger partial charge is 0.492 e. The van der Waals surface area contributed by atoms with Crippen molar-refractivity contribution < 1.29 is 19.0 Å². The fraction of sp³-hybridized carbons (Fsp3) is 0.414. The van der Waals surface area contributed by atoms with Gasteiger partial charge in [0.15, 0.2) is 11.5 Å². The Morgan fingerprint density at radius 3 is 2.68 bits per heavy atom. The molecule has 196 valence electrons. The number of ether oxygens (including phenoxy) is 3. The zero-order valence-electron chi connectivity index (χ0n) is 22.1. The van der Waals surface area contributed by atoms with Crippen molar-refractivity contribution in [3.05, 3.63) is 69.3 Å². The Kier molecular flexibility index (Phi) is 8.61. The van der Waals surface area contributed by atoms with Crippen LogP contribution in [0.25, 0.3) is 17.3 Å². The molecular formula is C29H35N3O5. The van der Waals surface area contributed by atoms with Crippen LogP contribution in [0, 0.1) is 0 Å². The summed E-state index contributed by atoms with van der Waals surface area (Å²) in [6.07, 6.45) is 5.84. The number of hydrogen-bond acceptors (Lipinski definition) is 7. The standard InChI is InChI=1S/C29H35N3O5/c1-5-31(6-2)16-17-37-29(34)22-14-15-25-30-26-20(10-8-12-23(26)28(33)32(25)19-22)18-21-11-9-13-24(36-7-3)27(21)35-4/h9,11,13-15,18-19H,5-8,10,12,16-17H2,1-4H3. The maximum atomic E-state index is 13.5. The molecule has 0 atom stereocenters. The van der Waals surface area contributed by atoms with Gasteiger partial charge in [0, 0.05) is 23.9 Å². The van der Waals surface area contributed by atoms with Crippen molar-refractivity contribution in [3.63, 3.8) is 0 Å². The van der Waals surface area contributed by atoms with Crippen LogP contribution in [0.15, 0.2) is 41.3 Å². The maximum Gasteiger partial charge on any atom is 0.339 e. The number of pyridine rings is 1. The molecule has 0 N–H and O–H groups in total. The summed E-state index contributed by atoms with van der Waals surface area (Å²) in [5, 5.41) is 0. The van der Waals surface area contributed by atoms with E-state index >= 15 is 0 Å². The lowest BCUT2D eigenvalue weighted by molar-refractivity contribution is 0.0466. The van der Waals surface area contributed by atoms with Crippen molar-refractivity contribution in [1.82, 2.24) is 14.3 Å². The lowest BCUT2D eigenvalue weighted by atomic mass is 9.90. The Hall–Kier alpha value is -3.65. The topological polar surface area (TPSA) is 82.4 Å². The minimum absolute atomic E-state index is 0.154. The van der Waals surface area contributed by atoms with Crippen LogP contribution in [0.4, 0.5) is 0 Å². The molecule has 0 saturated carbocycles. The summed E-state index contributed by atoms with van der Waals surface area (Å²) in [5.74, 6) is 0.893. The summed E-state index contributed by atoms with van der Waals surface area (Å²) in [4.78, 5) is 33.1. The Balaban J connectivity index is 1.66. The van der Waals surface area contributed by atoms with Crippen LogP contribution < -0.4 is 15.0 Å². The fourth-order valence-corrected chi connectivity index (χ4v) is 4.71. The Morgan fingerprint density at radius 1 is 1.14 bits per heavy atom. The summed E-state index contributed by atoms with van der Waals surface area (Å²) in [5.41, 5.74) is 3.88. The minimum atomic E-state index is -0.444. The fourth-order valence-electron chi connectivity index (χ4n) is 4.71. The first-order chi connectivity index (χ1) is 18.0. The number of methoxy groups -OCH3 is 1. The highest BCUT2D eigenvalue weighted by molar-refractivity contribution is 5.89. The molecule has 0 unspecified atom stereocenters. The number of para-hydroxylation sites is 1. The molecule has 0 spiro atoms. The van der Waals surface area contributed by atoms with Gasteiger partial charge in [-0.2, -0.15) is 0 Å². The summed E-state index contributed by atoms with van der Waals surface area (Å²) >= 11 is 0. The molecule has 4 rings (SSSR count). The number of benzene rings is 1. The SMILES string of the molecule is CCOc1cccc(C=C2CCCc3c2nc2ccc(C(=O)OCCN(CC)CC)cn2c3=O)c1OC. The van der Waals surface area contributed by atoms with Gasteiger partial charge in [0.05, 0.1) is 25.0 Å². The van der Waals surface area contributed by atoms with E-state index in [4.69, 9.17) is 19.2 Å². The van der Waals surface area contributed by atoms with Gasteiger partial charge in [-0.05, 0) is 69.1 Å². The molecule has 0 fully saturated rings. The summed E-state index contributed by atoms with van der Waals surface area (Å²) in [6.45, 7) is 9.39. The zero-order valence-corrected chi connectivity index (χ0v) is 22.1. The second-order valence-electron chi connectivity index (χ2n) is 8.89. The molecule has 1 aliphatic carbocycles. The summed E-state index contributed by atoms with van der Waals surface area (Å²) < 4.78 is 18.3. The van der Waals surface area contributed by atoms with Gasteiger partial charge >= 0.3 is 5.97 Å². The third-order valence-electron chi connectivity index (χ3n) is 6.71. The molecule has 2 heterocycles. The number of rotatable bonds is 10. The van der Waals surface area contributed by atoms with Gasteiger partial charge in [-0.3, -0.25) is 9.20 Å². The molecule has 0 radical (unpaired) electrons. The van der Waals surface area contributed by atoms with Gasteiger partial charge in [0.1, 0.15) is 12.3 Å². The first-order valence-corrected chi connectivity index (χ1v) is 13.0. The summed E-state index contributed by atoms with van der Waals surface area (Å²) in [6, 6.07) is 9.13. The van der Waals surface area contributed by atoms with Crippen molar-refractivity contribution in [1.29, 1.82) is 0 Å². The molecule has 0 amide bonds. The predicted octanol–water partition coefficient (Wildman–Crippen LogP) is 4.48. The van der Waals surface area contributed by atoms with Crippen LogP contribution in [0.3, 0.4) is 0 Å². The number of esters is 1. The third-order valence-corrected chi connectivity index (χ3v) is 6.71. The van der Waals surface area contributed by atoms with Gasteiger partial charge in [-0.1, -0.05) is 26.0 Å². The van der Waals surface area contributed by atoms with E-state index in [1.807, 2.05) is 31.2 Å². The molecule has 2 aromatic heterocycles. The van der Waals surface area contributed by atoms with Gasteiger partial charge in [-0.15, -0.1) is 0 Å². The summed E-state index contributed by atoms with van der Waals surface area (Å²) in [7, 11) is 1.62. The highest BCUT2D eigenvalue weighted by atomic mass is 16.5. The Morgan fingerprint density at radius 2 is 1.95 bits per heavy atom. The normalized spacial score (nSPS) is 14.1. The number of fused-ring (bicyclic) bond motifs is 2. The molecule has 0 saturated heterocycles. The quantitative estimate of drug-likeness (QED) is 0.376. The van der Waals surface area contributed by atoms with Gasteiger partial charge in [-0.25, -0.2) is 9.78 Å². The molecule has 3 aromatic rings. The molecule has 0 aliphatic heterocycles. The second kappa shape index (κ2) is 12.1. The van der Waals surface area contributed by atoms with Crippen molar-refractivity contribution in [2.24, 2.45) is 0 Å². The van der Waals surface area contributed by atoms with Gasteiger partial charge in [0.2, 0.25) is 0 Å². The molecule has 0 bridgehead atoms. The number of hydrogen-bond donors (Lipinski definition) is 0. The molecule has 37 heavy (non-hydrogen) atoms. The van der Waals surface area contributed by atoms with Crippen molar-refractivity contribution in [2.45, 2.75) is 40.0 Å². The number of nitrogens with zero attached hydrogens (tertiary/aromatic N) is 3. The van der Waals surface area contributed by atoms with Crippen LogP contribution in [-0.4, -0.2) is 60.2 Å². The van der Waals surface area contributed by atoms with Crippen LogP contribution >= 0.6 is 0 Å². The molecule has 1 aromatic carbocycles. The zero-order chi connectivity index (χ0) is 26.4. The number of likely N-dealkylation sites (N-methyl/N-ethyl adjacent to an activating group) is 1. The molecule has 8 heteroatoms. The van der Waals surface area contributed by atoms with Crippen LogP contribution in [0.5, 0.6) is 11.5 Å². The highest BCUT2D eigenvalue weighted by Gasteiger charge is 2.22. The smallest absolute Gasteiger partial charge is 0.339 e. The van der Waals surface area contributed by atoms with Crippen molar-refractivity contribution >= 4 is 23.3 Å². The highest BCUT2D eigenvalue weighted by Crippen LogP contribution is 2.36. The van der Waals surface area contributed by atoms with Crippen LogP contribution in [0.2, 0.25) is 0 Å². The maximum absolute atomic E-state index is 13.5. The first kappa shape index (κ1) is 26.4. The minimum Gasteiger partial charge on any atom is -0.492 e. The third kappa shape index (κ3) is 5.69. The van der Waals surface area contributed by atoms with Gasteiger partial charge in [0.25, 0.3) is 5.56 Å². The molecular weight excluding hydrogens is 470 g/mol. The van der Waals surface area contributed by atoms with E-state index in [1.54, 1.807) is 19.2 Å². The lowest BCUT2D eigenvalue weighted by Crippen LogP contribution is -2.28. The number of aromatic nitrogens is 2. The van der Waals surface area contributed by atoms with E-state index in [9.17, 15) is 9.59 Å². The Bertz CT molecular complexity index is 1360. The second-order valence-corrected chi connectivity index (χ2v) is 8.89. The van der Waals surface area contributed by atoms with Gasteiger partial charge < -0.3 is 19.1 Å². The van der Waals surface area contributed by atoms with E-state index in [-0.39, 0.29) is 5.56 Å². The number of carbonyl (C=O) groups is 1. The van der Waals surface area contributed by atoms with Crippen LogP contribution in [-0.2, 0) is 11.2 Å². The average Bonchev–Trinajstić information content (AvgIpc) is 2.92. The van der Waals surface area contributed by atoms with Crippen molar-refractivity contribution in [3.8, 4) is 11.5 Å². The van der Waals surface area contributed by atoms with Crippen LogP contribution in [0.1, 0.15) is 60.8 Å². The van der Waals surface area contributed by atoms with E-state index < -0.39 is 5.97 Å². The van der Waals surface area contributed by atoms with E-state index in [2.05, 4.69) is 18.7 Å². The molecule has 1 aliphatic rings. The Labute approximate surface area is 217 Å². The number of carbonyl (C=O) groups excluding carboxylic acids is 1. The van der Waals surface area contributed by atoms with E-state index in [1.165, 1.54) is 10.6 Å². The van der Waals surface area contributed by atoms with Crippen molar-refractivity contribution in [2.75, 3.05) is 40.0 Å². The van der Waals surface area contributed by atoms with E-state index in [0.29, 0.717) is 60.1 Å². The average molecular weight is 506 g/mol. The lowest BCUT2D eigenvalue weighted by Gasteiger charge is -2.20. The van der Waals surface area contributed by atoms with E-state index in [0.717, 1.165) is 37.1 Å². The molecule has 8 nitrogen and oxygen atoms in total.